The maximum atomic E-state index is 13.5. The van der Waals surface area contributed by atoms with Gasteiger partial charge in [-0.2, -0.15) is 4.31 Å². The molecule has 0 saturated heterocycles. The fraction of sp³-hybridized carbons (Fsp3) is 0.625. The van der Waals surface area contributed by atoms with Gasteiger partial charge in [-0.15, -0.1) is 0 Å². The third-order valence-corrected chi connectivity index (χ3v) is 7.65. The van der Waals surface area contributed by atoms with E-state index in [-0.39, 0.29) is 42.2 Å². The van der Waals surface area contributed by atoms with E-state index in [0.717, 1.165) is 0 Å². The first-order valence-corrected chi connectivity index (χ1v) is 12.8. The Morgan fingerprint density at radius 3 is 2.50 bits per heavy atom. The molecule has 1 amide bonds. The zero-order chi connectivity index (χ0) is 25.6. The van der Waals surface area contributed by atoms with E-state index in [9.17, 15) is 18.3 Å². The molecule has 190 valence electrons. The van der Waals surface area contributed by atoms with Gasteiger partial charge in [0.15, 0.2) is 0 Å². The van der Waals surface area contributed by atoms with E-state index in [1.165, 1.54) is 10.4 Å². The second-order valence-electron chi connectivity index (χ2n) is 9.45. The topological polar surface area (TPSA) is 93.6 Å². The number of rotatable bonds is 7. The molecule has 1 N–H and O–H groups in total. The van der Waals surface area contributed by atoms with Crippen LogP contribution in [0.25, 0.3) is 0 Å². The summed E-state index contributed by atoms with van der Waals surface area (Å²) in [7, 11) is 5.29. The molecule has 1 aliphatic rings. The minimum atomic E-state index is -3.92. The molecule has 0 unspecified atom stereocenters. The van der Waals surface area contributed by atoms with Gasteiger partial charge in [0.1, 0.15) is 16.7 Å². The van der Waals surface area contributed by atoms with Gasteiger partial charge in [0.25, 0.3) is 0 Å². The monoisotopic (exact) mass is 494 g/mol. The predicted octanol–water partition coefficient (Wildman–Crippen LogP) is 0.388. The Kier molecular flexibility index (Phi) is 9.91. The normalized spacial score (nSPS) is 21.0. The molecule has 0 bridgehead atoms. The molecule has 0 saturated carbocycles. The number of hydrogen-bond donors (Lipinski definition) is 1. The largest absolute Gasteiger partial charge is 0.487 e. The highest BCUT2D eigenvalue weighted by Gasteiger charge is 2.38. The number of aliphatic hydroxyl groups is 1. The zero-order valence-electron chi connectivity index (χ0n) is 21.3. The van der Waals surface area contributed by atoms with Crippen molar-refractivity contribution >= 4 is 15.9 Å². The van der Waals surface area contributed by atoms with E-state index in [1.54, 1.807) is 35.9 Å². The number of benzene rings is 1. The molecule has 1 aliphatic heterocycles. The summed E-state index contributed by atoms with van der Waals surface area (Å²) < 4.78 is 34.6. The zero-order valence-corrected chi connectivity index (χ0v) is 22.1. The fourth-order valence-electron chi connectivity index (χ4n) is 3.58. The fourth-order valence-corrected chi connectivity index (χ4v) is 5.41. The molecule has 9 nitrogen and oxygen atoms in total. The number of carbonyl (C=O) groups is 1. The maximum absolute atomic E-state index is 13.5. The molecule has 0 spiro atoms. The number of carbonyl (C=O) groups excluding carboxylic acids is 1. The van der Waals surface area contributed by atoms with Crippen molar-refractivity contribution in [1.82, 2.24) is 19.0 Å². The minimum absolute atomic E-state index is 0.0325. The first-order chi connectivity index (χ1) is 15.9. The summed E-state index contributed by atoms with van der Waals surface area (Å²) in [5.41, 5.74) is 0.640. The van der Waals surface area contributed by atoms with Crippen LogP contribution in [0.3, 0.4) is 0 Å². The van der Waals surface area contributed by atoms with Crippen molar-refractivity contribution in [2.75, 3.05) is 68.0 Å². The summed E-state index contributed by atoms with van der Waals surface area (Å²) in [6.07, 6.45) is -0.455. The number of nitrogens with zero attached hydrogens (tertiary/aromatic N) is 4. The third kappa shape index (κ3) is 7.17. The first-order valence-electron chi connectivity index (χ1n) is 11.3. The summed E-state index contributed by atoms with van der Waals surface area (Å²) >= 11 is 0. The predicted molar refractivity (Wildman–Crippen MR) is 132 cm³/mol. The average Bonchev–Trinajstić information content (AvgIpc) is 2.74. The first kappa shape index (κ1) is 28.1. The summed E-state index contributed by atoms with van der Waals surface area (Å²) in [4.78, 5) is 17.9. The smallest absolute Gasteiger partial charge is 0.247 e. The standard InChI is InChI=1S/C24H38N4O5S/c1-18-14-28(19(2)17-29)34(31,32)23-11-10-20(9-8-12-25(3)4)13-21(23)33-22(18)15-27(7)24(30)16-26(5)6/h10-11,13,18-19,22,29H,12,14-17H2,1-7H3/t18-,19-,22-/m0/s1. The molecule has 0 fully saturated rings. The lowest BCUT2D eigenvalue weighted by Crippen LogP contribution is -2.50. The number of fused-ring (bicyclic) bond motifs is 1. The molecule has 10 heteroatoms. The van der Waals surface area contributed by atoms with Crippen LogP contribution in [0.5, 0.6) is 5.75 Å². The molecule has 1 aromatic carbocycles. The van der Waals surface area contributed by atoms with E-state index < -0.39 is 22.2 Å². The van der Waals surface area contributed by atoms with Crippen molar-refractivity contribution in [3.63, 3.8) is 0 Å². The summed E-state index contributed by atoms with van der Waals surface area (Å²) in [5.74, 6) is 6.01. The number of likely N-dealkylation sites (N-methyl/N-ethyl adjacent to an activating group) is 2. The van der Waals surface area contributed by atoms with Crippen LogP contribution in [-0.2, 0) is 14.8 Å². The van der Waals surface area contributed by atoms with Gasteiger partial charge >= 0.3 is 0 Å². The number of sulfonamides is 1. The van der Waals surface area contributed by atoms with Gasteiger partial charge in [-0.3, -0.25) is 9.69 Å². The molecule has 0 aliphatic carbocycles. The van der Waals surface area contributed by atoms with Gasteiger partial charge < -0.3 is 19.6 Å². The van der Waals surface area contributed by atoms with Crippen LogP contribution in [0.2, 0.25) is 0 Å². The highest BCUT2D eigenvalue weighted by atomic mass is 32.2. The molecule has 34 heavy (non-hydrogen) atoms. The van der Waals surface area contributed by atoms with Crippen molar-refractivity contribution in [3.05, 3.63) is 23.8 Å². The SMILES string of the molecule is C[C@H]1CN([C@@H](C)CO)S(=O)(=O)c2ccc(C#CCN(C)C)cc2O[C@H]1CN(C)C(=O)CN(C)C. The highest BCUT2D eigenvalue weighted by molar-refractivity contribution is 7.89. The molecule has 0 aromatic heterocycles. The van der Waals surface area contributed by atoms with Gasteiger partial charge in [0, 0.05) is 31.1 Å². The van der Waals surface area contributed by atoms with Crippen molar-refractivity contribution in [2.24, 2.45) is 5.92 Å². The Hall–Kier alpha value is -2.16. The van der Waals surface area contributed by atoms with E-state index >= 15 is 0 Å². The van der Waals surface area contributed by atoms with Crippen LogP contribution in [0.15, 0.2) is 23.1 Å². The van der Waals surface area contributed by atoms with Crippen molar-refractivity contribution in [1.29, 1.82) is 0 Å². The molecular weight excluding hydrogens is 456 g/mol. The Morgan fingerprint density at radius 2 is 1.91 bits per heavy atom. The van der Waals surface area contributed by atoms with Gasteiger partial charge in [-0.1, -0.05) is 18.8 Å². The number of hydrogen-bond acceptors (Lipinski definition) is 7. The van der Waals surface area contributed by atoms with Crippen LogP contribution < -0.4 is 4.74 Å². The number of ether oxygens (including phenoxy) is 1. The number of amides is 1. The van der Waals surface area contributed by atoms with Gasteiger partial charge in [-0.25, -0.2) is 8.42 Å². The Labute approximate surface area is 204 Å². The van der Waals surface area contributed by atoms with Crippen molar-refractivity contribution in [3.8, 4) is 17.6 Å². The molecule has 1 heterocycles. The maximum Gasteiger partial charge on any atom is 0.247 e. The van der Waals surface area contributed by atoms with E-state index in [1.807, 2.05) is 40.0 Å². The lowest BCUT2D eigenvalue weighted by molar-refractivity contribution is -0.132. The minimum Gasteiger partial charge on any atom is -0.487 e. The molecule has 0 radical (unpaired) electrons. The molecule has 1 aromatic rings. The average molecular weight is 495 g/mol. The van der Waals surface area contributed by atoms with Gasteiger partial charge in [-0.05, 0) is 53.3 Å². The molecular formula is C24H38N4O5S. The van der Waals surface area contributed by atoms with Crippen LogP contribution >= 0.6 is 0 Å². The second kappa shape index (κ2) is 12.0. The van der Waals surface area contributed by atoms with Crippen LogP contribution in [-0.4, -0.2) is 119 Å². The Bertz CT molecular complexity index is 1020. The van der Waals surface area contributed by atoms with Crippen LogP contribution in [0.4, 0.5) is 0 Å². The third-order valence-electron chi connectivity index (χ3n) is 5.63. The summed E-state index contributed by atoms with van der Waals surface area (Å²) in [5, 5.41) is 9.75. The Balaban J connectivity index is 2.50. The molecule has 3 atom stereocenters. The lowest BCUT2D eigenvalue weighted by Gasteiger charge is -2.37. The van der Waals surface area contributed by atoms with E-state index in [0.29, 0.717) is 18.7 Å². The van der Waals surface area contributed by atoms with Crippen molar-refractivity contribution < 1.29 is 23.1 Å². The number of aliphatic hydroxyl groups excluding tert-OH is 1. The highest BCUT2D eigenvalue weighted by Crippen LogP contribution is 2.34. The second-order valence-corrected chi connectivity index (χ2v) is 11.3. The summed E-state index contributed by atoms with van der Waals surface area (Å²) in [6, 6.07) is 4.21. The van der Waals surface area contributed by atoms with E-state index in [2.05, 4.69) is 11.8 Å². The van der Waals surface area contributed by atoms with E-state index in [4.69, 9.17) is 4.74 Å². The summed E-state index contributed by atoms with van der Waals surface area (Å²) in [6.45, 7) is 4.56. The van der Waals surface area contributed by atoms with Gasteiger partial charge in [0.05, 0.1) is 26.2 Å². The van der Waals surface area contributed by atoms with Crippen molar-refractivity contribution in [2.45, 2.75) is 30.9 Å². The van der Waals surface area contributed by atoms with Gasteiger partial charge in [0.2, 0.25) is 15.9 Å². The van der Waals surface area contributed by atoms with Crippen LogP contribution in [0, 0.1) is 17.8 Å². The lowest BCUT2D eigenvalue weighted by atomic mass is 10.0. The quantitative estimate of drug-likeness (QED) is 0.548. The van der Waals surface area contributed by atoms with Crippen LogP contribution in [0.1, 0.15) is 19.4 Å². The Morgan fingerprint density at radius 1 is 1.24 bits per heavy atom. The molecule has 2 rings (SSSR count).